The SMILES string of the molecule is COCCOc1ccc2c(ccn2-c2ccnc(N)n2)c1. The summed E-state index contributed by atoms with van der Waals surface area (Å²) in [6.45, 7) is 1.10. The van der Waals surface area contributed by atoms with Crippen molar-refractivity contribution in [3.05, 3.63) is 42.7 Å². The molecule has 0 aliphatic carbocycles. The van der Waals surface area contributed by atoms with Crippen LogP contribution in [0.25, 0.3) is 16.7 Å². The molecule has 2 aromatic heterocycles. The van der Waals surface area contributed by atoms with Crippen LogP contribution in [0.3, 0.4) is 0 Å². The Kier molecular flexibility index (Phi) is 3.70. The number of nitrogen functional groups attached to an aromatic ring is 1. The first-order chi connectivity index (χ1) is 10.3. The molecule has 0 saturated carbocycles. The van der Waals surface area contributed by atoms with Gasteiger partial charge in [-0.3, -0.25) is 0 Å². The fourth-order valence-electron chi connectivity index (χ4n) is 2.15. The van der Waals surface area contributed by atoms with Crippen LogP contribution in [0.1, 0.15) is 0 Å². The van der Waals surface area contributed by atoms with Gasteiger partial charge in [0.15, 0.2) is 0 Å². The standard InChI is InChI=1S/C15H16N4O2/c1-20-8-9-21-12-2-3-13-11(10-12)5-7-19(13)14-4-6-17-15(16)18-14/h2-7,10H,8-9H2,1H3,(H2,16,17,18). The van der Waals surface area contributed by atoms with Crippen molar-refractivity contribution in [3.8, 4) is 11.6 Å². The van der Waals surface area contributed by atoms with Gasteiger partial charge < -0.3 is 19.8 Å². The highest BCUT2D eigenvalue weighted by Gasteiger charge is 2.06. The van der Waals surface area contributed by atoms with Crippen LogP contribution in [0.4, 0.5) is 5.95 Å². The number of benzene rings is 1. The summed E-state index contributed by atoms with van der Waals surface area (Å²) >= 11 is 0. The number of fused-ring (bicyclic) bond motifs is 1. The lowest BCUT2D eigenvalue weighted by atomic mass is 10.2. The van der Waals surface area contributed by atoms with Gasteiger partial charge in [0.25, 0.3) is 0 Å². The molecule has 1 aromatic carbocycles. The van der Waals surface area contributed by atoms with Crippen LogP contribution in [0.2, 0.25) is 0 Å². The molecule has 0 aliphatic rings. The van der Waals surface area contributed by atoms with Crippen molar-refractivity contribution in [1.29, 1.82) is 0 Å². The Labute approximate surface area is 122 Å². The molecule has 2 heterocycles. The first-order valence-corrected chi connectivity index (χ1v) is 6.59. The van der Waals surface area contributed by atoms with Gasteiger partial charge in [-0.1, -0.05) is 0 Å². The fraction of sp³-hybridized carbons (Fsp3) is 0.200. The molecule has 0 amide bonds. The van der Waals surface area contributed by atoms with Crippen molar-refractivity contribution >= 4 is 16.9 Å². The molecule has 0 fully saturated rings. The van der Waals surface area contributed by atoms with E-state index in [0.29, 0.717) is 13.2 Å². The number of methoxy groups -OCH3 is 1. The number of hydrogen-bond donors (Lipinski definition) is 1. The van der Waals surface area contributed by atoms with Gasteiger partial charge in [0.2, 0.25) is 5.95 Å². The van der Waals surface area contributed by atoms with E-state index in [0.717, 1.165) is 22.5 Å². The lowest BCUT2D eigenvalue weighted by Crippen LogP contribution is -2.04. The highest BCUT2D eigenvalue weighted by molar-refractivity contribution is 5.83. The minimum atomic E-state index is 0.258. The topological polar surface area (TPSA) is 75.2 Å². The van der Waals surface area contributed by atoms with E-state index < -0.39 is 0 Å². The van der Waals surface area contributed by atoms with E-state index in [1.807, 2.05) is 41.1 Å². The minimum Gasteiger partial charge on any atom is -0.491 e. The largest absolute Gasteiger partial charge is 0.491 e. The molecule has 0 saturated heterocycles. The van der Waals surface area contributed by atoms with Crippen molar-refractivity contribution in [3.63, 3.8) is 0 Å². The van der Waals surface area contributed by atoms with Crippen molar-refractivity contribution in [1.82, 2.24) is 14.5 Å². The Hall–Kier alpha value is -2.60. The number of hydrogen-bond acceptors (Lipinski definition) is 5. The van der Waals surface area contributed by atoms with Crippen molar-refractivity contribution in [2.75, 3.05) is 26.1 Å². The van der Waals surface area contributed by atoms with Gasteiger partial charge in [0, 0.05) is 24.9 Å². The molecule has 6 heteroatoms. The summed E-state index contributed by atoms with van der Waals surface area (Å²) in [6.07, 6.45) is 3.59. The van der Waals surface area contributed by atoms with Gasteiger partial charge in [-0.25, -0.2) is 4.98 Å². The summed E-state index contributed by atoms with van der Waals surface area (Å²) < 4.78 is 12.5. The summed E-state index contributed by atoms with van der Waals surface area (Å²) in [4.78, 5) is 8.14. The smallest absolute Gasteiger partial charge is 0.221 e. The maximum absolute atomic E-state index is 5.63. The van der Waals surface area contributed by atoms with Gasteiger partial charge in [-0.2, -0.15) is 4.98 Å². The monoisotopic (exact) mass is 284 g/mol. The maximum atomic E-state index is 5.63. The summed E-state index contributed by atoms with van der Waals surface area (Å²) in [7, 11) is 1.65. The number of rotatable bonds is 5. The average molecular weight is 284 g/mol. The highest BCUT2D eigenvalue weighted by atomic mass is 16.5. The Morgan fingerprint density at radius 1 is 1.19 bits per heavy atom. The third kappa shape index (κ3) is 2.80. The van der Waals surface area contributed by atoms with Crippen molar-refractivity contribution < 1.29 is 9.47 Å². The molecule has 0 atom stereocenters. The Morgan fingerprint density at radius 2 is 2.10 bits per heavy atom. The second-order valence-corrected chi connectivity index (χ2v) is 4.52. The number of nitrogens with zero attached hydrogens (tertiary/aromatic N) is 3. The molecule has 0 radical (unpaired) electrons. The molecule has 3 rings (SSSR count). The Bertz CT molecular complexity index is 754. The normalized spacial score (nSPS) is 10.9. The van der Waals surface area contributed by atoms with Gasteiger partial charge in [0.1, 0.15) is 18.2 Å². The first kappa shape index (κ1) is 13.4. The van der Waals surface area contributed by atoms with Crippen LogP contribution < -0.4 is 10.5 Å². The molecule has 2 N–H and O–H groups in total. The Balaban J connectivity index is 1.92. The predicted molar refractivity (Wildman–Crippen MR) is 80.6 cm³/mol. The zero-order valence-corrected chi connectivity index (χ0v) is 11.7. The second kappa shape index (κ2) is 5.80. The summed E-state index contributed by atoms with van der Waals surface area (Å²) in [6, 6.07) is 9.75. The van der Waals surface area contributed by atoms with Gasteiger partial charge in [-0.15, -0.1) is 0 Å². The minimum absolute atomic E-state index is 0.258. The molecule has 3 aromatic rings. The zero-order valence-electron chi connectivity index (χ0n) is 11.7. The maximum Gasteiger partial charge on any atom is 0.221 e. The molecule has 0 unspecified atom stereocenters. The van der Waals surface area contributed by atoms with Crippen LogP contribution in [-0.4, -0.2) is 34.9 Å². The molecule has 21 heavy (non-hydrogen) atoms. The summed E-state index contributed by atoms with van der Waals surface area (Å²) in [5, 5.41) is 1.07. The van der Waals surface area contributed by atoms with Crippen molar-refractivity contribution in [2.24, 2.45) is 0 Å². The molecular weight excluding hydrogens is 268 g/mol. The van der Waals surface area contributed by atoms with E-state index in [1.165, 1.54) is 0 Å². The van der Waals surface area contributed by atoms with E-state index in [-0.39, 0.29) is 5.95 Å². The lowest BCUT2D eigenvalue weighted by molar-refractivity contribution is 0.146. The molecule has 6 nitrogen and oxygen atoms in total. The summed E-state index contributed by atoms with van der Waals surface area (Å²) in [5.41, 5.74) is 6.67. The number of nitrogens with two attached hydrogens (primary N) is 1. The van der Waals surface area contributed by atoms with Crippen LogP contribution >= 0.6 is 0 Å². The van der Waals surface area contributed by atoms with E-state index in [9.17, 15) is 0 Å². The zero-order chi connectivity index (χ0) is 14.7. The third-order valence-corrected chi connectivity index (χ3v) is 3.12. The third-order valence-electron chi connectivity index (χ3n) is 3.12. The molecule has 0 aliphatic heterocycles. The number of ether oxygens (including phenoxy) is 2. The predicted octanol–water partition coefficient (Wildman–Crippen LogP) is 2.03. The van der Waals surface area contributed by atoms with Crippen LogP contribution in [-0.2, 0) is 4.74 Å². The lowest BCUT2D eigenvalue weighted by Gasteiger charge is -2.07. The van der Waals surface area contributed by atoms with Crippen LogP contribution in [0.15, 0.2) is 42.7 Å². The molecule has 108 valence electrons. The van der Waals surface area contributed by atoms with E-state index in [2.05, 4.69) is 9.97 Å². The number of aromatic nitrogens is 3. The van der Waals surface area contributed by atoms with E-state index in [4.69, 9.17) is 15.2 Å². The van der Waals surface area contributed by atoms with Crippen LogP contribution in [0, 0.1) is 0 Å². The van der Waals surface area contributed by atoms with E-state index >= 15 is 0 Å². The van der Waals surface area contributed by atoms with Gasteiger partial charge >= 0.3 is 0 Å². The molecular formula is C15H16N4O2. The number of anilines is 1. The molecule has 0 bridgehead atoms. The van der Waals surface area contributed by atoms with Crippen molar-refractivity contribution in [2.45, 2.75) is 0 Å². The fourth-order valence-corrected chi connectivity index (χ4v) is 2.15. The second-order valence-electron chi connectivity index (χ2n) is 4.52. The highest BCUT2D eigenvalue weighted by Crippen LogP contribution is 2.24. The van der Waals surface area contributed by atoms with Gasteiger partial charge in [-0.05, 0) is 30.3 Å². The quantitative estimate of drug-likeness (QED) is 0.725. The van der Waals surface area contributed by atoms with Crippen LogP contribution in [0.5, 0.6) is 5.75 Å². The first-order valence-electron chi connectivity index (χ1n) is 6.59. The average Bonchev–Trinajstić information content (AvgIpc) is 2.91. The molecule has 0 spiro atoms. The van der Waals surface area contributed by atoms with E-state index in [1.54, 1.807) is 13.3 Å². The Morgan fingerprint density at radius 3 is 2.90 bits per heavy atom. The van der Waals surface area contributed by atoms with Gasteiger partial charge in [0.05, 0.1) is 12.1 Å². The summed E-state index contributed by atoms with van der Waals surface area (Å²) in [5.74, 6) is 1.82.